The molecule has 0 unspecified atom stereocenters. The van der Waals surface area contributed by atoms with Gasteiger partial charge >= 0.3 is 0 Å². The Morgan fingerprint density at radius 2 is 1.53 bits per heavy atom. The topological polar surface area (TPSA) is 18.5 Å². The van der Waals surface area contributed by atoms with Crippen LogP contribution in [-0.4, -0.2) is 6.79 Å². The van der Waals surface area contributed by atoms with Gasteiger partial charge in [-0.3, -0.25) is 0 Å². The molecule has 0 saturated carbocycles. The van der Waals surface area contributed by atoms with Gasteiger partial charge in [-0.2, -0.15) is 0 Å². The second-order valence-electron chi connectivity index (χ2n) is 4.55. The molecule has 0 atom stereocenters. The summed E-state index contributed by atoms with van der Waals surface area (Å²) in [6.45, 7) is 0.336. The number of hydrogen-bond donors (Lipinski definition) is 0. The summed E-state index contributed by atoms with van der Waals surface area (Å²) in [5.41, 5.74) is 2.58. The highest BCUT2D eigenvalue weighted by Gasteiger charge is 2.12. The first-order valence-corrected chi connectivity index (χ1v) is 6.49. The number of fused-ring (bicyclic) bond motifs is 1. The number of ether oxygens (including phenoxy) is 2. The number of rotatable bonds is 4. The lowest BCUT2D eigenvalue weighted by Gasteiger charge is -1.99. The minimum atomic E-state index is 0.336. The Kier molecular flexibility index (Phi) is 3.50. The van der Waals surface area contributed by atoms with E-state index in [1.54, 1.807) is 0 Å². The van der Waals surface area contributed by atoms with Gasteiger partial charge in [0.15, 0.2) is 11.5 Å². The molecule has 1 aliphatic rings. The van der Waals surface area contributed by atoms with Gasteiger partial charge in [-0.1, -0.05) is 48.6 Å². The van der Waals surface area contributed by atoms with E-state index in [0.29, 0.717) is 6.79 Å². The predicted molar refractivity (Wildman–Crippen MR) is 75.6 cm³/mol. The van der Waals surface area contributed by atoms with Crippen LogP contribution in [0.1, 0.15) is 11.1 Å². The van der Waals surface area contributed by atoms with Crippen LogP contribution in [0.5, 0.6) is 11.5 Å². The van der Waals surface area contributed by atoms with Crippen LogP contribution in [0.2, 0.25) is 0 Å². The maximum absolute atomic E-state index is 5.37. The van der Waals surface area contributed by atoms with Gasteiger partial charge in [0.05, 0.1) is 0 Å². The highest BCUT2D eigenvalue weighted by Crippen LogP contribution is 2.32. The molecule has 0 aromatic heterocycles. The number of allylic oxidation sites excluding steroid dienone is 2. The molecule has 0 N–H and O–H groups in total. The average Bonchev–Trinajstić information content (AvgIpc) is 2.92. The fourth-order valence-corrected chi connectivity index (χ4v) is 2.12. The summed E-state index contributed by atoms with van der Waals surface area (Å²) >= 11 is 0. The zero-order chi connectivity index (χ0) is 12.9. The Bertz CT molecular complexity index is 573. The van der Waals surface area contributed by atoms with Crippen molar-refractivity contribution < 1.29 is 9.47 Å². The molecule has 96 valence electrons. The van der Waals surface area contributed by atoms with E-state index in [1.165, 1.54) is 11.1 Å². The summed E-state index contributed by atoms with van der Waals surface area (Å²) in [5.74, 6) is 1.70. The second kappa shape index (κ2) is 5.61. The predicted octanol–water partition coefficient (Wildman–Crippen LogP) is 3.76. The summed E-state index contributed by atoms with van der Waals surface area (Å²) < 4.78 is 10.7. The fraction of sp³-hybridized carbons (Fsp3) is 0.176. The largest absolute Gasteiger partial charge is 0.454 e. The Morgan fingerprint density at radius 3 is 2.37 bits per heavy atom. The van der Waals surface area contributed by atoms with Crippen molar-refractivity contribution in [3.05, 3.63) is 71.8 Å². The van der Waals surface area contributed by atoms with Crippen LogP contribution in [0.4, 0.5) is 0 Å². The van der Waals surface area contributed by atoms with Crippen molar-refractivity contribution in [1.29, 1.82) is 0 Å². The standard InChI is InChI=1S/C17H16O2/c1-2-6-14(7-3-1)8-4-5-9-15-10-11-16-17(12-15)19-13-18-16/h1-7,10-12H,8-9,13H2. The molecule has 0 aliphatic carbocycles. The molecule has 0 amide bonds. The first-order valence-electron chi connectivity index (χ1n) is 6.49. The lowest BCUT2D eigenvalue weighted by molar-refractivity contribution is 0.174. The molecular formula is C17H16O2. The van der Waals surface area contributed by atoms with Crippen molar-refractivity contribution in [3.8, 4) is 11.5 Å². The Labute approximate surface area is 113 Å². The maximum atomic E-state index is 5.37. The second-order valence-corrected chi connectivity index (χ2v) is 4.55. The molecule has 3 rings (SSSR count). The average molecular weight is 252 g/mol. The molecular weight excluding hydrogens is 236 g/mol. The molecule has 0 radical (unpaired) electrons. The highest BCUT2D eigenvalue weighted by atomic mass is 16.7. The molecule has 2 heteroatoms. The lowest BCUT2D eigenvalue weighted by atomic mass is 10.1. The van der Waals surface area contributed by atoms with Crippen LogP contribution in [0.15, 0.2) is 60.7 Å². The molecule has 0 spiro atoms. The fourth-order valence-electron chi connectivity index (χ4n) is 2.12. The van der Waals surface area contributed by atoms with E-state index in [9.17, 15) is 0 Å². The van der Waals surface area contributed by atoms with Crippen LogP contribution in [0.25, 0.3) is 0 Å². The number of benzene rings is 2. The van der Waals surface area contributed by atoms with Crippen LogP contribution < -0.4 is 9.47 Å². The molecule has 2 aromatic carbocycles. The third-order valence-electron chi connectivity index (χ3n) is 3.15. The maximum Gasteiger partial charge on any atom is 0.231 e. The Balaban J connectivity index is 1.57. The normalized spacial score (nSPS) is 13.1. The van der Waals surface area contributed by atoms with Crippen molar-refractivity contribution in [2.75, 3.05) is 6.79 Å². The minimum Gasteiger partial charge on any atom is -0.454 e. The van der Waals surface area contributed by atoms with Gasteiger partial charge in [-0.15, -0.1) is 0 Å². The monoisotopic (exact) mass is 252 g/mol. The molecule has 0 saturated heterocycles. The van der Waals surface area contributed by atoms with E-state index >= 15 is 0 Å². The first kappa shape index (κ1) is 11.8. The highest BCUT2D eigenvalue weighted by molar-refractivity contribution is 5.44. The lowest BCUT2D eigenvalue weighted by Crippen LogP contribution is -1.92. The van der Waals surface area contributed by atoms with E-state index in [1.807, 2.05) is 12.1 Å². The van der Waals surface area contributed by atoms with Gasteiger partial charge < -0.3 is 9.47 Å². The minimum absolute atomic E-state index is 0.336. The molecule has 19 heavy (non-hydrogen) atoms. The van der Waals surface area contributed by atoms with E-state index < -0.39 is 0 Å². The SMILES string of the molecule is C(=CCc1ccc2c(c1)OCO2)Cc1ccccc1. The summed E-state index contributed by atoms with van der Waals surface area (Å²) in [4.78, 5) is 0. The molecule has 0 bridgehead atoms. The number of hydrogen-bond acceptors (Lipinski definition) is 2. The first-order chi connectivity index (χ1) is 9.42. The third-order valence-corrected chi connectivity index (χ3v) is 3.15. The summed E-state index contributed by atoms with van der Waals surface area (Å²) in [7, 11) is 0. The smallest absolute Gasteiger partial charge is 0.231 e. The summed E-state index contributed by atoms with van der Waals surface area (Å²) in [6, 6.07) is 16.6. The van der Waals surface area contributed by atoms with Gasteiger partial charge in [0.25, 0.3) is 0 Å². The van der Waals surface area contributed by atoms with Gasteiger partial charge in [0.1, 0.15) is 0 Å². The van der Waals surface area contributed by atoms with Crippen LogP contribution in [0.3, 0.4) is 0 Å². The van der Waals surface area contributed by atoms with Gasteiger partial charge in [-0.05, 0) is 36.1 Å². The molecule has 0 fully saturated rings. The third kappa shape index (κ3) is 2.97. The van der Waals surface area contributed by atoms with E-state index in [0.717, 1.165) is 24.3 Å². The molecule has 1 aliphatic heterocycles. The zero-order valence-corrected chi connectivity index (χ0v) is 10.7. The molecule has 2 nitrogen and oxygen atoms in total. The Hall–Kier alpha value is -2.22. The van der Waals surface area contributed by atoms with E-state index in [4.69, 9.17) is 9.47 Å². The summed E-state index contributed by atoms with van der Waals surface area (Å²) in [5, 5.41) is 0. The van der Waals surface area contributed by atoms with Crippen molar-refractivity contribution in [2.45, 2.75) is 12.8 Å². The molecule has 1 heterocycles. The van der Waals surface area contributed by atoms with Crippen molar-refractivity contribution in [1.82, 2.24) is 0 Å². The Morgan fingerprint density at radius 1 is 0.789 bits per heavy atom. The van der Waals surface area contributed by atoms with Crippen molar-refractivity contribution in [3.63, 3.8) is 0 Å². The zero-order valence-electron chi connectivity index (χ0n) is 10.7. The quantitative estimate of drug-likeness (QED) is 0.771. The van der Waals surface area contributed by atoms with E-state index in [2.05, 4.69) is 48.6 Å². The van der Waals surface area contributed by atoms with Crippen LogP contribution >= 0.6 is 0 Å². The van der Waals surface area contributed by atoms with Gasteiger partial charge in [0.2, 0.25) is 6.79 Å². The van der Waals surface area contributed by atoms with Crippen molar-refractivity contribution in [2.24, 2.45) is 0 Å². The van der Waals surface area contributed by atoms with Crippen LogP contribution in [-0.2, 0) is 12.8 Å². The summed E-state index contributed by atoms with van der Waals surface area (Å²) in [6.07, 6.45) is 6.30. The van der Waals surface area contributed by atoms with Gasteiger partial charge in [0, 0.05) is 0 Å². The van der Waals surface area contributed by atoms with Gasteiger partial charge in [-0.25, -0.2) is 0 Å². The molecule has 2 aromatic rings. The van der Waals surface area contributed by atoms with E-state index in [-0.39, 0.29) is 0 Å². The van der Waals surface area contributed by atoms with Crippen LogP contribution in [0, 0.1) is 0 Å². The van der Waals surface area contributed by atoms with Crippen molar-refractivity contribution >= 4 is 0 Å².